The summed E-state index contributed by atoms with van der Waals surface area (Å²) in [5.74, 6) is 0.00821. The number of thiazole rings is 1. The molecule has 2 aromatic rings. The van der Waals surface area contributed by atoms with E-state index in [4.69, 9.17) is 11.6 Å². The molecule has 1 atom stereocenters. The number of rotatable bonds is 3. The van der Waals surface area contributed by atoms with Crippen LogP contribution in [-0.2, 0) is 11.3 Å². The number of hydrogen-bond donors (Lipinski definition) is 1. The van der Waals surface area contributed by atoms with Crippen LogP contribution < -0.4 is 5.32 Å². The summed E-state index contributed by atoms with van der Waals surface area (Å²) in [7, 11) is 0. The van der Waals surface area contributed by atoms with Crippen molar-refractivity contribution in [2.24, 2.45) is 0 Å². The maximum Gasteiger partial charge on any atom is 0.242 e. The Labute approximate surface area is 126 Å². The smallest absolute Gasteiger partial charge is 0.242 e. The van der Waals surface area contributed by atoms with Crippen LogP contribution in [0.4, 0.5) is 0 Å². The summed E-state index contributed by atoms with van der Waals surface area (Å²) in [5, 5.41) is 3.54. The van der Waals surface area contributed by atoms with Crippen LogP contribution >= 0.6 is 22.9 Å². The number of halogens is 1. The number of carbonyl (C=O) groups is 1. The molecule has 0 bridgehead atoms. The van der Waals surface area contributed by atoms with Gasteiger partial charge in [0.2, 0.25) is 5.91 Å². The molecule has 1 aliphatic rings. The number of nitrogens with one attached hydrogen (secondary N) is 1. The van der Waals surface area contributed by atoms with Crippen LogP contribution in [0.2, 0.25) is 5.02 Å². The third-order valence-corrected chi connectivity index (χ3v) is 4.46. The highest BCUT2D eigenvalue weighted by Gasteiger charge is 2.32. The highest BCUT2D eigenvalue weighted by Crippen LogP contribution is 2.30. The lowest BCUT2D eigenvalue weighted by atomic mass is 10.0. The zero-order chi connectivity index (χ0) is 13.9. The number of carbonyl (C=O) groups excluding carboxylic acids is 1. The predicted octanol–water partition coefficient (Wildman–Crippen LogP) is 2.47. The van der Waals surface area contributed by atoms with Crippen molar-refractivity contribution < 1.29 is 4.79 Å². The summed E-state index contributed by atoms with van der Waals surface area (Å²) in [6, 6.07) is 7.19. The second kappa shape index (κ2) is 5.91. The lowest BCUT2D eigenvalue weighted by molar-refractivity contribution is -0.129. The van der Waals surface area contributed by atoms with Crippen molar-refractivity contribution in [3.8, 4) is 0 Å². The standard InChI is InChI=1S/C14H14ClN3OS/c15-12-4-2-1-3-11(12)13-14(19)17-5-6-18(13)8-10-7-16-9-20-10/h1-4,7,9,13H,5-6,8H2,(H,17,19). The molecule has 1 amide bonds. The molecule has 1 aromatic carbocycles. The Balaban J connectivity index is 1.91. The lowest BCUT2D eigenvalue weighted by Crippen LogP contribution is -2.49. The number of hydrogen-bond acceptors (Lipinski definition) is 4. The van der Waals surface area contributed by atoms with Gasteiger partial charge in [0.05, 0.1) is 5.51 Å². The Morgan fingerprint density at radius 2 is 2.30 bits per heavy atom. The maximum absolute atomic E-state index is 12.3. The zero-order valence-corrected chi connectivity index (χ0v) is 12.3. The van der Waals surface area contributed by atoms with Crippen LogP contribution in [-0.4, -0.2) is 28.9 Å². The molecule has 1 aliphatic heterocycles. The fraction of sp³-hybridized carbons (Fsp3) is 0.286. The number of benzene rings is 1. The first-order valence-corrected chi connectivity index (χ1v) is 7.65. The lowest BCUT2D eigenvalue weighted by Gasteiger charge is -2.35. The van der Waals surface area contributed by atoms with Crippen molar-refractivity contribution in [1.29, 1.82) is 0 Å². The number of amides is 1. The van der Waals surface area contributed by atoms with Gasteiger partial charge in [-0.05, 0) is 11.6 Å². The largest absolute Gasteiger partial charge is 0.353 e. The fourth-order valence-electron chi connectivity index (χ4n) is 2.44. The summed E-state index contributed by atoms with van der Waals surface area (Å²) >= 11 is 7.86. The predicted molar refractivity (Wildman–Crippen MR) is 79.7 cm³/mol. The van der Waals surface area contributed by atoms with Crippen molar-refractivity contribution in [2.45, 2.75) is 12.6 Å². The molecular formula is C14H14ClN3OS. The van der Waals surface area contributed by atoms with Gasteiger partial charge in [-0.25, -0.2) is 0 Å². The van der Waals surface area contributed by atoms with E-state index in [1.165, 1.54) is 0 Å². The van der Waals surface area contributed by atoms with E-state index < -0.39 is 0 Å². The molecule has 0 spiro atoms. The number of nitrogens with zero attached hydrogens (tertiary/aromatic N) is 2. The summed E-state index contributed by atoms with van der Waals surface area (Å²) < 4.78 is 0. The van der Waals surface area contributed by atoms with E-state index in [9.17, 15) is 4.79 Å². The number of aromatic nitrogens is 1. The molecule has 0 saturated carbocycles. The fourth-order valence-corrected chi connectivity index (χ4v) is 3.30. The van der Waals surface area contributed by atoms with Gasteiger partial charge in [0.25, 0.3) is 0 Å². The molecule has 0 aliphatic carbocycles. The highest BCUT2D eigenvalue weighted by atomic mass is 35.5. The van der Waals surface area contributed by atoms with E-state index in [0.29, 0.717) is 18.1 Å². The van der Waals surface area contributed by atoms with Crippen molar-refractivity contribution >= 4 is 28.8 Å². The van der Waals surface area contributed by atoms with E-state index >= 15 is 0 Å². The Morgan fingerprint density at radius 1 is 1.45 bits per heavy atom. The van der Waals surface area contributed by atoms with Crippen LogP contribution in [0.1, 0.15) is 16.5 Å². The van der Waals surface area contributed by atoms with Crippen LogP contribution in [0.5, 0.6) is 0 Å². The minimum Gasteiger partial charge on any atom is -0.353 e. The van der Waals surface area contributed by atoms with Crippen LogP contribution in [0.15, 0.2) is 36.0 Å². The van der Waals surface area contributed by atoms with Gasteiger partial charge in [-0.15, -0.1) is 11.3 Å². The molecule has 1 fully saturated rings. The summed E-state index contributed by atoms with van der Waals surface area (Å²) in [6.45, 7) is 2.19. The first-order valence-electron chi connectivity index (χ1n) is 6.39. The molecule has 1 N–H and O–H groups in total. The van der Waals surface area contributed by atoms with Crippen LogP contribution in [0, 0.1) is 0 Å². The Hall–Kier alpha value is -1.43. The number of piperazine rings is 1. The first-order chi connectivity index (χ1) is 9.75. The summed E-state index contributed by atoms with van der Waals surface area (Å²) in [6.07, 6.45) is 1.85. The molecule has 0 radical (unpaired) electrons. The Bertz CT molecular complexity index is 602. The Kier molecular flexibility index (Phi) is 4.00. The van der Waals surface area contributed by atoms with Gasteiger partial charge in [-0.2, -0.15) is 0 Å². The molecule has 20 heavy (non-hydrogen) atoms. The van der Waals surface area contributed by atoms with E-state index in [1.54, 1.807) is 11.3 Å². The van der Waals surface area contributed by atoms with Gasteiger partial charge >= 0.3 is 0 Å². The average molecular weight is 308 g/mol. The SMILES string of the molecule is O=C1NCCN(Cc2cncs2)C1c1ccccc1Cl. The molecule has 3 rings (SSSR count). The van der Waals surface area contributed by atoms with E-state index in [-0.39, 0.29) is 11.9 Å². The third-order valence-electron chi connectivity index (χ3n) is 3.35. The quantitative estimate of drug-likeness (QED) is 0.947. The minimum atomic E-state index is -0.334. The van der Waals surface area contributed by atoms with E-state index in [2.05, 4.69) is 15.2 Å². The molecule has 1 saturated heterocycles. The van der Waals surface area contributed by atoms with Gasteiger partial charge < -0.3 is 5.32 Å². The van der Waals surface area contributed by atoms with Crippen molar-refractivity contribution in [3.63, 3.8) is 0 Å². The topological polar surface area (TPSA) is 45.2 Å². The van der Waals surface area contributed by atoms with Crippen molar-refractivity contribution in [3.05, 3.63) is 51.4 Å². The van der Waals surface area contributed by atoms with Gasteiger partial charge in [0, 0.05) is 35.7 Å². The monoisotopic (exact) mass is 307 g/mol. The van der Waals surface area contributed by atoms with Crippen LogP contribution in [0.3, 0.4) is 0 Å². The van der Waals surface area contributed by atoms with Gasteiger partial charge in [-0.1, -0.05) is 29.8 Å². The Morgan fingerprint density at radius 3 is 3.05 bits per heavy atom. The van der Waals surface area contributed by atoms with Crippen molar-refractivity contribution in [1.82, 2.24) is 15.2 Å². The highest BCUT2D eigenvalue weighted by molar-refractivity contribution is 7.09. The van der Waals surface area contributed by atoms with E-state index in [0.717, 1.165) is 17.0 Å². The van der Waals surface area contributed by atoms with Crippen molar-refractivity contribution in [2.75, 3.05) is 13.1 Å². The second-order valence-electron chi connectivity index (χ2n) is 4.65. The molecule has 104 valence electrons. The molecule has 6 heteroatoms. The van der Waals surface area contributed by atoms with Gasteiger partial charge in [0.15, 0.2) is 0 Å². The minimum absolute atomic E-state index is 0.00821. The summed E-state index contributed by atoms with van der Waals surface area (Å²) in [4.78, 5) is 19.6. The van der Waals surface area contributed by atoms with Gasteiger partial charge in [-0.3, -0.25) is 14.7 Å². The molecule has 2 heterocycles. The third kappa shape index (κ3) is 2.70. The first kappa shape index (κ1) is 13.5. The molecule has 4 nitrogen and oxygen atoms in total. The molecule has 1 aromatic heterocycles. The second-order valence-corrected chi connectivity index (χ2v) is 6.03. The molecular weight excluding hydrogens is 294 g/mol. The summed E-state index contributed by atoms with van der Waals surface area (Å²) in [5.41, 5.74) is 2.67. The van der Waals surface area contributed by atoms with E-state index in [1.807, 2.05) is 36.0 Å². The van der Waals surface area contributed by atoms with Crippen LogP contribution in [0.25, 0.3) is 0 Å². The maximum atomic E-state index is 12.3. The molecule has 1 unspecified atom stereocenters. The normalized spacial score (nSPS) is 19.9. The average Bonchev–Trinajstić information content (AvgIpc) is 2.93. The van der Waals surface area contributed by atoms with Gasteiger partial charge in [0.1, 0.15) is 6.04 Å². The zero-order valence-electron chi connectivity index (χ0n) is 10.8.